The second kappa shape index (κ2) is 10.7. The standard InChI is InChI=1S/C48H37BN2O2/c1-47(2)32-18-8-12-22-38(32)50(30-16-6-5-7-17-30)40-28-35-41(29-34(40)47)51(39-23-13-9-19-33(39)48(35,3)4)31-26-44-46-45(27-31)53-43-25-15-11-21-37(43)49(46)36-20-10-14-24-42(36)52-44/h5-29H,1-4H3. The fourth-order valence-corrected chi connectivity index (χ4v) is 9.53. The van der Waals surface area contributed by atoms with Gasteiger partial charge in [-0.3, -0.25) is 0 Å². The van der Waals surface area contributed by atoms with Crippen LogP contribution in [0.15, 0.2) is 152 Å². The summed E-state index contributed by atoms with van der Waals surface area (Å²) in [5.74, 6) is 3.45. The van der Waals surface area contributed by atoms with Crippen LogP contribution in [-0.4, -0.2) is 6.71 Å². The van der Waals surface area contributed by atoms with Crippen molar-refractivity contribution in [1.82, 2.24) is 0 Å². The molecule has 7 aromatic rings. The number of nitrogens with zero attached hydrogens (tertiary/aromatic N) is 2. The van der Waals surface area contributed by atoms with Crippen LogP contribution in [0.25, 0.3) is 0 Å². The van der Waals surface area contributed by atoms with Gasteiger partial charge in [-0.05, 0) is 81.7 Å². The maximum Gasteiger partial charge on any atom is 0.260 e. The molecule has 0 radical (unpaired) electrons. The zero-order chi connectivity index (χ0) is 35.6. The molecule has 0 atom stereocenters. The molecular weight excluding hydrogens is 647 g/mol. The highest BCUT2D eigenvalue weighted by molar-refractivity contribution is 6.98. The Balaban J connectivity index is 1.18. The second-order valence-corrected chi connectivity index (χ2v) is 15.7. The molecule has 5 heteroatoms. The lowest BCUT2D eigenvalue weighted by molar-refractivity contribution is 0.464. The van der Waals surface area contributed by atoms with Gasteiger partial charge in [-0.2, -0.15) is 0 Å². The number of para-hydroxylation sites is 5. The van der Waals surface area contributed by atoms with Gasteiger partial charge in [-0.15, -0.1) is 0 Å². The Hall–Kier alpha value is -6.20. The summed E-state index contributed by atoms with van der Waals surface area (Å²) in [4.78, 5) is 4.90. The van der Waals surface area contributed by atoms with Crippen LogP contribution in [0, 0.1) is 0 Å². The van der Waals surface area contributed by atoms with Crippen LogP contribution in [0.1, 0.15) is 49.9 Å². The van der Waals surface area contributed by atoms with Crippen LogP contribution in [0.5, 0.6) is 23.0 Å². The topological polar surface area (TPSA) is 24.9 Å². The Kier molecular flexibility index (Phi) is 6.13. The minimum Gasteiger partial charge on any atom is -0.458 e. The molecule has 7 aromatic carbocycles. The Morgan fingerprint density at radius 3 is 1.36 bits per heavy atom. The predicted molar refractivity (Wildman–Crippen MR) is 218 cm³/mol. The van der Waals surface area contributed by atoms with Crippen molar-refractivity contribution >= 4 is 57.2 Å². The van der Waals surface area contributed by atoms with Gasteiger partial charge in [0.2, 0.25) is 0 Å². The number of rotatable bonds is 2. The first-order valence-electron chi connectivity index (χ1n) is 18.6. The Morgan fingerprint density at radius 1 is 0.396 bits per heavy atom. The summed E-state index contributed by atoms with van der Waals surface area (Å²) in [5.41, 5.74) is 14.9. The van der Waals surface area contributed by atoms with Crippen molar-refractivity contribution in [3.63, 3.8) is 0 Å². The van der Waals surface area contributed by atoms with Gasteiger partial charge in [-0.25, -0.2) is 0 Å². The largest absolute Gasteiger partial charge is 0.458 e. The molecule has 4 nitrogen and oxygen atoms in total. The molecule has 0 unspecified atom stereocenters. The maximum atomic E-state index is 6.80. The lowest BCUT2D eigenvalue weighted by atomic mass is 9.35. The molecule has 0 spiro atoms. The van der Waals surface area contributed by atoms with Crippen LogP contribution in [-0.2, 0) is 10.8 Å². The van der Waals surface area contributed by atoms with Crippen molar-refractivity contribution in [2.45, 2.75) is 38.5 Å². The van der Waals surface area contributed by atoms with E-state index in [1.165, 1.54) is 39.3 Å². The lowest BCUT2D eigenvalue weighted by Gasteiger charge is -2.47. The number of benzene rings is 7. The van der Waals surface area contributed by atoms with E-state index in [2.05, 4.69) is 189 Å². The smallest absolute Gasteiger partial charge is 0.260 e. The van der Waals surface area contributed by atoms with E-state index < -0.39 is 0 Å². The molecule has 0 aromatic heterocycles. The number of anilines is 6. The first-order valence-corrected chi connectivity index (χ1v) is 18.6. The van der Waals surface area contributed by atoms with Crippen LogP contribution in [0.3, 0.4) is 0 Å². The van der Waals surface area contributed by atoms with E-state index in [0.29, 0.717) is 0 Å². The van der Waals surface area contributed by atoms with E-state index in [0.717, 1.165) is 56.4 Å². The molecule has 0 amide bonds. The quantitative estimate of drug-likeness (QED) is 0.169. The highest BCUT2D eigenvalue weighted by atomic mass is 16.5. The monoisotopic (exact) mass is 684 g/mol. The van der Waals surface area contributed by atoms with Gasteiger partial charge in [0.05, 0.1) is 28.4 Å². The van der Waals surface area contributed by atoms with Crippen molar-refractivity contribution < 1.29 is 9.47 Å². The summed E-state index contributed by atoms with van der Waals surface area (Å²) in [5, 5.41) is 0. The maximum absolute atomic E-state index is 6.80. The highest BCUT2D eigenvalue weighted by Crippen LogP contribution is 2.59. The summed E-state index contributed by atoms with van der Waals surface area (Å²) < 4.78 is 13.6. The molecule has 4 heterocycles. The third kappa shape index (κ3) is 4.13. The Bertz CT molecular complexity index is 2590. The van der Waals surface area contributed by atoms with Crippen molar-refractivity contribution in [1.29, 1.82) is 0 Å². The fourth-order valence-electron chi connectivity index (χ4n) is 9.53. The highest BCUT2D eigenvalue weighted by Gasteiger charge is 2.45. The molecule has 0 N–H and O–H groups in total. The third-order valence-corrected chi connectivity index (χ3v) is 12.1. The van der Waals surface area contributed by atoms with E-state index in [1.54, 1.807) is 0 Å². The average molecular weight is 685 g/mol. The molecule has 4 aliphatic rings. The van der Waals surface area contributed by atoms with E-state index in [-0.39, 0.29) is 17.5 Å². The van der Waals surface area contributed by atoms with Gasteiger partial charge in [-0.1, -0.05) is 119 Å². The molecule has 0 aliphatic carbocycles. The first kappa shape index (κ1) is 30.4. The van der Waals surface area contributed by atoms with Crippen LogP contribution >= 0.6 is 0 Å². The number of hydrogen-bond donors (Lipinski definition) is 0. The molecular formula is C48H37BN2O2. The van der Waals surface area contributed by atoms with Gasteiger partial charge in [0.15, 0.2) is 0 Å². The molecule has 53 heavy (non-hydrogen) atoms. The molecule has 254 valence electrons. The van der Waals surface area contributed by atoms with E-state index >= 15 is 0 Å². The number of hydrogen-bond acceptors (Lipinski definition) is 4. The summed E-state index contributed by atoms with van der Waals surface area (Å²) >= 11 is 0. The van der Waals surface area contributed by atoms with Crippen LogP contribution in [0.2, 0.25) is 0 Å². The minimum atomic E-state index is -0.278. The van der Waals surface area contributed by atoms with Crippen molar-refractivity contribution in [3.05, 3.63) is 174 Å². The second-order valence-electron chi connectivity index (χ2n) is 15.7. The number of fused-ring (bicyclic) bond motifs is 8. The van der Waals surface area contributed by atoms with Gasteiger partial charge in [0.1, 0.15) is 23.0 Å². The van der Waals surface area contributed by atoms with Gasteiger partial charge in [0, 0.05) is 34.1 Å². The molecule has 11 rings (SSSR count). The molecule has 0 saturated heterocycles. The van der Waals surface area contributed by atoms with Crippen molar-refractivity contribution in [2.24, 2.45) is 0 Å². The summed E-state index contributed by atoms with van der Waals surface area (Å²) in [7, 11) is 0. The van der Waals surface area contributed by atoms with Crippen LogP contribution < -0.4 is 35.7 Å². The Labute approximate surface area is 311 Å². The molecule has 0 saturated carbocycles. The number of ether oxygens (including phenoxy) is 2. The average Bonchev–Trinajstić information content (AvgIpc) is 3.18. The molecule has 4 aliphatic heterocycles. The molecule has 0 fully saturated rings. The predicted octanol–water partition coefficient (Wildman–Crippen LogP) is 10.6. The first-order chi connectivity index (χ1) is 25.8. The van der Waals surface area contributed by atoms with Crippen molar-refractivity contribution in [3.8, 4) is 23.0 Å². The molecule has 0 bridgehead atoms. The third-order valence-electron chi connectivity index (χ3n) is 12.1. The lowest BCUT2D eigenvalue weighted by Crippen LogP contribution is -2.57. The summed E-state index contributed by atoms with van der Waals surface area (Å²) in [6.45, 7) is 9.49. The zero-order valence-corrected chi connectivity index (χ0v) is 30.2. The summed E-state index contributed by atoms with van der Waals surface area (Å²) in [6, 6.07) is 54.8. The van der Waals surface area contributed by atoms with Gasteiger partial charge >= 0.3 is 0 Å². The van der Waals surface area contributed by atoms with E-state index in [4.69, 9.17) is 9.47 Å². The van der Waals surface area contributed by atoms with E-state index in [1.807, 2.05) is 0 Å². The van der Waals surface area contributed by atoms with Crippen LogP contribution in [0.4, 0.5) is 34.1 Å². The van der Waals surface area contributed by atoms with Gasteiger partial charge in [0.25, 0.3) is 6.71 Å². The SMILES string of the molecule is CC1(C)c2ccccc2N(c2ccccc2)c2cc3c(cc21)N(c1cc2c4c(c1)Oc1ccccc1B4c1ccccc1O2)c1ccccc1C3(C)C. The zero-order valence-electron chi connectivity index (χ0n) is 30.2. The van der Waals surface area contributed by atoms with E-state index in [9.17, 15) is 0 Å². The normalized spacial score (nSPS) is 16.0. The van der Waals surface area contributed by atoms with Crippen molar-refractivity contribution in [2.75, 3.05) is 9.80 Å². The minimum absolute atomic E-state index is 0.0284. The fraction of sp³-hybridized carbons (Fsp3) is 0.125. The summed E-state index contributed by atoms with van der Waals surface area (Å²) in [6.07, 6.45) is 0. The van der Waals surface area contributed by atoms with Gasteiger partial charge < -0.3 is 19.3 Å². The Morgan fingerprint density at radius 2 is 0.830 bits per heavy atom.